The van der Waals surface area contributed by atoms with Gasteiger partial charge in [-0.1, -0.05) is 42.5 Å². The van der Waals surface area contributed by atoms with Gasteiger partial charge >= 0.3 is 0 Å². The molecule has 1 saturated carbocycles. The van der Waals surface area contributed by atoms with E-state index in [1.54, 1.807) is 13.2 Å². The number of hydrogen-bond acceptors (Lipinski definition) is 3. The number of rotatable bonds is 7. The van der Waals surface area contributed by atoms with E-state index in [4.69, 9.17) is 17.0 Å². The number of carbonyl (C=O) groups is 1. The number of nitrogens with zero attached hydrogens (tertiary/aromatic N) is 1. The third-order valence-corrected chi connectivity index (χ3v) is 4.81. The average molecular weight is 381 g/mol. The summed E-state index contributed by atoms with van der Waals surface area (Å²) in [4.78, 5) is 14.4. The molecule has 2 aromatic carbocycles. The second-order valence-corrected chi connectivity index (χ2v) is 7.10. The molecular weight excluding hydrogens is 356 g/mol. The van der Waals surface area contributed by atoms with Crippen molar-refractivity contribution in [1.82, 2.24) is 10.2 Å². The zero-order valence-electron chi connectivity index (χ0n) is 15.4. The number of carbonyl (C=O) groups excluding carboxylic acids is 1. The monoisotopic (exact) mass is 380 g/mol. The Bertz CT molecular complexity index is 799. The fourth-order valence-electron chi connectivity index (χ4n) is 2.75. The van der Waals surface area contributed by atoms with E-state index in [0.717, 1.165) is 17.9 Å². The van der Waals surface area contributed by atoms with Crippen molar-refractivity contribution in [3.05, 3.63) is 71.8 Å². The highest BCUT2D eigenvalue weighted by molar-refractivity contribution is 7.80. The standard InChI is InChI=1S/C22H24N2O2S/c1-26-20-12-9-17(10-13-20)11-14-21(25)23-22(27)24(16-19-7-8-19)15-18-5-3-2-4-6-18/h2-6,9-14,19H,7-8,15-16H2,1H3,(H,23,25,27)/b14-11+. The van der Waals surface area contributed by atoms with Gasteiger partial charge in [0.15, 0.2) is 5.11 Å². The first kappa shape index (κ1) is 19.1. The maximum atomic E-state index is 12.3. The van der Waals surface area contributed by atoms with E-state index in [9.17, 15) is 4.79 Å². The summed E-state index contributed by atoms with van der Waals surface area (Å²) in [6.07, 6.45) is 5.74. The molecule has 0 unspecified atom stereocenters. The molecule has 0 saturated heterocycles. The van der Waals surface area contributed by atoms with E-state index in [1.807, 2.05) is 42.5 Å². The highest BCUT2D eigenvalue weighted by atomic mass is 32.1. The fourth-order valence-corrected chi connectivity index (χ4v) is 2.99. The molecule has 0 spiro atoms. The minimum Gasteiger partial charge on any atom is -0.497 e. The summed E-state index contributed by atoms with van der Waals surface area (Å²) in [6, 6.07) is 17.7. The minimum atomic E-state index is -0.218. The first-order valence-corrected chi connectivity index (χ1v) is 9.51. The maximum Gasteiger partial charge on any atom is 0.250 e. The minimum absolute atomic E-state index is 0.218. The van der Waals surface area contributed by atoms with Gasteiger partial charge in [-0.25, -0.2) is 0 Å². The number of thiocarbonyl (C=S) groups is 1. The summed E-state index contributed by atoms with van der Waals surface area (Å²) in [5.41, 5.74) is 2.11. The zero-order chi connectivity index (χ0) is 19.1. The van der Waals surface area contributed by atoms with Gasteiger partial charge in [-0.3, -0.25) is 10.1 Å². The van der Waals surface area contributed by atoms with Crippen LogP contribution in [0.15, 0.2) is 60.7 Å². The molecule has 0 radical (unpaired) electrons. The predicted molar refractivity (Wildman–Crippen MR) is 112 cm³/mol. The van der Waals surface area contributed by atoms with E-state index in [2.05, 4.69) is 22.3 Å². The number of ether oxygens (including phenoxy) is 1. The van der Waals surface area contributed by atoms with Crippen LogP contribution in [0.1, 0.15) is 24.0 Å². The van der Waals surface area contributed by atoms with E-state index < -0.39 is 0 Å². The second-order valence-electron chi connectivity index (χ2n) is 6.71. The summed E-state index contributed by atoms with van der Waals surface area (Å²) < 4.78 is 5.13. The molecule has 1 amide bonds. The quantitative estimate of drug-likeness (QED) is 0.582. The van der Waals surface area contributed by atoms with Crippen molar-refractivity contribution in [3.8, 4) is 5.75 Å². The molecule has 0 heterocycles. The van der Waals surface area contributed by atoms with E-state index >= 15 is 0 Å². The molecule has 27 heavy (non-hydrogen) atoms. The number of hydrogen-bond donors (Lipinski definition) is 1. The topological polar surface area (TPSA) is 41.6 Å². The SMILES string of the molecule is COc1ccc(/C=C/C(=O)NC(=S)N(Cc2ccccc2)CC2CC2)cc1. The third kappa shape index (κ3) is 6.22. The summed E-state index contributed by atoms with van der Waals surface area (Å²) >= 11 is 5.50. The van der Waals surface area contributed by atoms with Gasteiger partial charge in [0.2, 0.25) is 5.91 Å². The summed E-state index contributed by atoms with van der Waals surface area (Å²) in [7, 11) is 1.63. The van der Waals surface area contributed by atoms with Gasteiger partial charge in [0.05, 0.1) is 7.11 Å². The Morgan fingerprint density at radius 1 is 1.19 bits per heavy atom. The van der Waals surface area contributed by atoms with Crippen LogP contribution in [-0.4, -0.2) is 29.6 Å². The second kappa shape index (κ2) is 9.33. The summed E-state index contributed by atoms with van der Waals surface area (Å²) in [6.45, 7) is 1.59. The molecule has 0 aliphatic heterocycles. The molecule has 1 aliphatic rings. The van der Waals surface area contributed by atoms with E-state index in [0.29, 0.717) is 17.6 Å². The van der Waals surface area contributed by atoms with Gasteiger partial charge in [0, 0.05) is 19.2 Å². The lowest BCUT2D eigenvalue weighted by Crippen LogP contribution is -2.42. The number of amides is 1. The van der Waals surface area contributed by atoms with Crippen LogP contribution in [0, 0.1) is 5.92 Å². The Morgan fingerprint density at radius 2 is 1.89 bits per heavy atom. The van der Waals surface area contributed by atoms with Crippen molar-refractivity contribution in [1.29, 1.82) is 0 Å². The van der Waals surface area contributed by atoms with Crippen molar-refractivity contribution in [2.24, 2.45) is 5.92 Å². The lowest BCUT2D eigenvalue weighted by molar-refractivity contribution is -0.115. The number of methoxy groups -OCH3 is 1. The van der Waals surface area contributed by atoms with Crippen LogP contribution in [0.25, 0.3) is 6.08 Å². The van der Waals surface area contributed by atoms with Gasteiger partial charge in [0.25, 0.3) is 0 Å². The molecule has 1 aliphatic carbocycles. The molecular formula is C22H24N2O2S. The van der Waals surface area contributed by atoms with Crippen molar-refractivity contribution >= 4 is 29.3 Å². The molecule has 140 valence electrons. The molecule has 4 nitrogen and oxygen atoms in total. The predicted octanol–water partition coefficient (Wildman–Crippen LogP) is 4.02. The Kier molecular flexibility index (Phi) is 6.60. The molecule has 2 aromatic rings. The molecule has 5 heteroatoms. The molecule has 0 bridgehead atoms. The fraction of sp³-hybridized carbons (Fsp3) is 0.273. The van der Waals surface area contributed by atoms with Crippen molar-refractivity contribution in [3.63, 3.8) is 0 Å². The number of benzene rings is 2. The van der Waals surface area contributed by atoms with E-state index in [1.165, 1.54) is 24.5 Å². The molecule has 0 atom stereocenters. The van der Waals surface area contributed by atoms with Gasteiger partial charge in [-0.2, -0.15) is 0 Å². The highest BCUT2D eigenvalue weighted by Crippen LogP contribution is 2.30. The summed E-state index contributed by atoms with van der Waals surface area (Å²) in [5, 5.41) is 3.31. The summed E-state index contributed by atoms with van der Waals surface area (Å²) in [5.74, 6) is 1.25. The van der Waals surface area contributed by atoms with Crippen LogP contribution < -0.4 is 10.1 Å². The molecule has 1 N–H and O–H groups in total. The third-order valence-electron chi connectivity index (χ3n) is 4.45. The lowest BCUT2D eigenvalue weighted by atomic mass is 10.2. The Hall–Kier alpha value is -2.66. The smallest absolute Gasteiger partial charge is 0.250 e. The van der Waals surface area contributed by atoms with Crippen LogP contribution in [0.3, 0.4) is 0 Å². The number of nitrogens with one attached hydrogen (secondary N) is 1. The Labute approximate surface area is 165 Å². The first-order chi connectivity index (χ1) is 13.1. The average Bonchev–Trinajstić information content (AvgIpc) is 3.51. The zero-order valence-corrected chi connectivity index (χ0v) is 16.2. The van der Waals surface area contributed by atoms with Gasteiger partial charge in [-0.15, -0.1) is 0 Å². The Morgan fingerprint density at radius 3 is 2.52 bits per heavy atom. The largest absolute Gasteiger partial charge is 0.497 e. The van der Waals surface area contributed by atoms with Gasteiger partial charge in [0.1, 0.15) is 5.75 Å². The van der Waals surface area contributed by atoms with Crippen molar-refractivity contribution in [2.45, 2.75) is 19.4 Å². The molecule has 3 rings (SSSR count). The van der Waals surface area contributed by atoms with Crippen molar-refractivity contribution < 1.29 is 9.53 Å². The first-order valence-electron chi connectivity index (χ1n) is 9.10. The molecule has 0 aromatic heterocycles. The lowest BCUT2D eigenvalue weighted by Gasteiger charge is -2.25. The highest BCUT2D eigenvalue weighted by Gasteiger charge is 2.25. The van der Waals surface area contributed by atoms with Crippen LogP contribution in [0.4, 0.5) is 0 Å². The van der Waals surface area contributed by atoms with Crippen LogP contribution in [0.2, 0.25) is 0 Å². The van der Waals surface area contributed by atoms with Crippen molar-refractivity contribution in [2.75, 3.05) is 13.7 Å². The maximum absolute atomic E-state index is 12.3. The van der Waals surface area contributed by atoms with Crippen LogP contribution >= 0.6 is 12.2 Å². The normalized spacial score (nSPS) is 13.4. The Balaban J connectivity index is 1.58. The van der Waals surface area contributed by atoms with Crippen LogP contribution in [0.5, 0.6) is 5.75 Å². The van der Waals surface area contributed by atoms with Crippen LogP contribution in [-0.2, 0) is 11.3 Å². The van der Waals surface area contributed by atoms with Gasteiger partial charge in [-0.05, 0) is 60.3 Å². The van der Waals surface area contributed by atoms with E-state index in [-0.39, 0.29) is 5.91 Å². The van der Waals surface area contributed by atoms with Gasteiger partial charge < -0.3 is 9.64 Å². The molecule has 1 fully saturated rings.